The Morgan fingerprint density at radius 3 is 2.45 bits per heavy atom. The maximum absolute atomic E-state index is 13.0. The summed E-state index contributed by atoms with van der Waals surface area (Å²) in [6, 6.07) is 22.8. The molecule has 1 saturated heterocycles. The number of carbonyl (C=O) groups is 2. The zero-order chi connectivity index (χ0) is 22.8. The van der Waals surface area contributed by atoms with Crippen molar-refractivity contribution < 1.29 is 9.59 Å². The second-order valence-electron chi connectivity index (χ2n) is 8.87. The molecule has 3 aromatic carbocycles. The summed E-state index contributed by atoms with van der Waals surface area (Å²) >= 11 is 0. The Morgan fingerprint density at radius 1 is 0.970 bits per heavy atom. The van der Waals surface area contributed by atoms with Crippen LogP contribution in [0.1, 0.15) is 24.5 Å². The van der Waals surface area contributed by atoms with Crippen molar-refractivity contribution in [2.75, 3.05) is 31.1 Å². The number of rotatable bonds is 4. The van der Waals surface area contributed by atoms with Crippen molar-refractivity contribution in [2.45, 2.75) is 19.8 Å². The van der Waals surface area contributed by atoms with Gasteiger partial charge in [0.15, 0.2) is 0 Å². The van der Waals surface area contributed by atoms with E-state index in [2.05, 4.69) is 64.0 Å². The first kappa shape index (κ1) is 21.2. The number of hydrogen-bond donors (Lipinski definition) is 1. The van der Waals surface area contributed by atoms with E-state index in [1.165, 1.54) is 5.39 Å². The van der Waals surface area contributed by atoms with Gasteiger partial charge in [-0.25, -0.2) is 5.43 Å². The Balaban J connectivity index is 1.20. The van der Waals surface area contributed by atoms with Crippen LogP contribution in [0.5, 0.6) is 0 Å². The van der Waals surface area contributed by atoms with Crippen LogP contribution in [-0.2, 0) is 16.0 Å². The van der Waals surface area contributed by atoms with Crippen molar-refractivity contribution in [3.05, 3.63) is 77.9 Å². The van der Waals surface area contributed by atoms with Gasteiger partial charge in [0.1, 0.15) is 0 Å². The number of piperazine rings is 1. The highest BCUT2D eigenvalue weighted by Gasteiger charge is 2.24. The molecule has 6 heteroatoms. The van der Waals surface area contributed by atoms with E-state index in [-0.39, 0.29) is 17.7 Å². The third kappa shape index (κ3) is 4.46. The summed E-state index contributed by atoms with van der Waals surface area (Å²) in [4.78, 5) is 28.8. The fourth-order valence-corrected chi connectivity index (χ4v) is 4.78. The lowest BCUT2D eigenvalue weighted by atomic mass is 9.94. The SMILES string of the molecule is CC1CC(=O)NN=C1c1ccc(N2CCN(C(=O)Cc3cccc4ccccc34)CC2)cc1. The van der Waals surface area contributed by atoms with Gasteiger partial charge in [0.05, 0.1) is 12.1 Å². The molecule has 1 atom stereocenters. The van der Waals surface area contributed by atoms with Crippen LogP contribution in [0.4, 0.5) is 5.69 Å². The van der Waals surface area contributed by atoms with Crippen LogP contribution >= 0.6 is 0 Å². The number of hydrogen-bond acceptors (Lipinski definition) is 4. The molecule has 1 fully saturated rings. The number of anilines is 1. The van der Waals surface area contributed by atoms with Crippen LogP contribution in [0.25, 0.3) is 10.8 Å². The molecular weight excluding hydrogens is 412 g/mol. The van der Waals surface area contributed by atoms with E-state index >= 15 is 0 Å². The van der Waals surface area contributed by atoms with E-state index in [1.54, 1.807) is 0 Å². The first-order chi connectivity index (χ1) is 16.1. The van der Waals surface area contributed by atoms with Crippen LogP contribution in [0.15, 0.2) is 71.8 Å². The zero-order valence-electron chi connectivity index (χ0n) is 18.8. The molecule has 1 unspecified atom stereocenters. The lowest BCUT2D eigenvalue weighted by Gasteiger charge is -2.36. The lowest BCUT2D eigenvalue weighted by molar-refractivity contribution is -0.130. The topological polar surface area (TPSA) is 65.0 Å². The van der Waals surface area contributed by atoms with E-state index in [0.29, 0.717) is 12.8 Å². The molecule has 0 saturated carbocycles. The van der Waals surface area contributed by atoms with Gasteiger partial charge in [-0.1, -0.05) is 61.5 Å². The molecule has 0 bridgehead atoms. The number of nitrogens with one attached hydrogen (secondary N) is 1. The molecule has 2 aliphatic rings. The highest BCUT2D eigenvalue weighted by molar-refractivity contribution is 6.05. The lowest BCUT2D eigenvalue weighted by Crippen LogP contribution is -2.49. The molecule has 168 valence electrons. The van der Waals surface area contributed by atoms with E-state index in [9.17, 15) is 9.59 Å². The zero-order valence-corrected chi connectivity index (χ0v) is 18.8. The normalized spacial score (nSPS) is 18.8. The molecule has 33 heavy (non-hydrogen) atoms. The molecule has 0 aliphatic carbocycles. The first-order valence-corrected chi connectivity index (χ1v) is 11.5. The summed E-state index contributed by atoms with van der Waals surface area (Å²) in [7, 11) is 0. The Hall–Kier alpha value is -3.67. The van der Waals surface area contributed by atoms with Gasteiger partial charge in [0, 0.05) is 44.2 Å². The highest BCUT2D eigenvalue weighted by Crippen LogP contribution is 2.23. The first-order valence-electron chi connectivity index (χ1n) is 11.5. The van der Waals surface area contributed by atoms with Crippen molar-refractivity contribution in [1.29, 1.82) is 0 Å². The average Bonchev–Trinajstić information content (AvgIpc) is 2.85. The number of nitrogens with zero attached hydrogens (tertiary/aromatic N) is 3. The van der Waals surface area contributed by atoms with Gasteiger partial charge in [-0.05, 0) is 34.0 Å². The number of carbonyl (C=O) groups excluding carboxylic acids is 2. The molecule has 0 radical (unpaired) electrons. The van der Waals surface area contributed by atoms with Gasteiger partial charge in [-0.15, -0.1) is 0 Å². The second kappa shape index (κ2) is 9.06. The van der Waals surface area contributed by atoms with Crippen LogP contribution < -0.4 is 10.3 Å². The van der Waals surface area contributed by atoms with Crippen molar-refractivity contribution >= 4 is 34.0 Å². The Morgan fingerprint density at radius 2 is 1.70 bits per heavy atom. The summed E-state index contributed by atoms with van der Waals surface area (Å²) in [5.41, 5.74) is 6.78. The molecule has 6 nitrogen and oxygen atoms in total. The fraction of sp³-hybridized carbons (Fsp3) is 0.296. The standard InChI is InChI=1S/C27H28N4O2/c1-19-17-25(32)28-29-27(19)21-9-11-23(12-10-21)30-13-15-31(16-14-30)26(33)18-22-7-4-6-20-5-2-3-8-24(20)22/h2-12,19H,13-18H2,1H3,(H,28,32). The van der Waals surface area contributed by atoms with E-state index in [4.69, 9.17) is 0 Å². The Kier molecular flexibility index (Phi) is 5.82. The maximum atomic E-state index is 13.0. The van der Waals surface area contributed by atoms with Gasteiger partial charge in [0.2, 0.25) is 11.8 Å². The predicted molar refractivity (Wildman–Crippen MR) is 131 cm³/mol. The second-order valence-corrected chi connectivity index (χ2v) is 8.87. The minimum atomic E-state index is -0.0317. The summed E-state index contributed by atoms with van der Waals surface area (Å²) in [6.07, 6.45) is 0.905. The van der Waals surface area contributed by atoms with Crippen LogP contribution in [-0.4, -0.2) is 48.6 Å². The molecule has 3 aromatic rings. The molecule has 0 aromatic heterocycles. The van der Waals surface area contributed by atoms with Crippen molar-refractivity contribution in [3.63, 3.8) is 0 Å². The Bertz CT molecular complexity index is 1210. The van der Waals surface area contributed by atoms with E-state index in [0.717, 1.165) is 54.1 Å². The van der Waals surface area contributed by atoms with Crippen molar-refractivity contribution in [2.24, 2.45) is 11.0 Å². The third-order valence-corrected chi connectivity index (χ3v) is 6.64. The summed E-state index contributed by atoms with van der Waals surface area (Å²) in [5.74, 6) is 0.268. The monoisotopic (exact) mass is 440 g/mol. The van der Waals surface area contributed by atoms with E-state index < -0.39 is 0 Å². The summed E-state index contributed by atoms with van der Waals surface area (Å²) in [5, 5.41) is 6.58. The minimum Gasteiger partial charge on any atom is -0.368 e. The summed E-state index contributed by atoms with van der Waals surface area (Å²) in [6.45, 7) is 5.10. The fourth-order valence-electron chi connectivity index (χ4n) is 4.78. The number of amides is 2. The summed E-state index contributed by atoms with van der Waals surface area (Å²) < 4.78 is 0. The molecule has 0 spiro atoms. The molecule has 2 heterocycles. The van der Waals surface area contributed by atoms with Gasteiger partial charge < -0.3 is 9.80 Å². The third-order valence-electron chi connectivity index (χ3n) is 6.64. The number of fused-ring (bicyclic) bond motifs is 1. The molecule has 5 rings (SSSR count). The van der Waals surface area contributed by atoms with Gasteiger partial charge in [-0.3, -0.25) is 9.59 Å². The van der Waals surface area contributed by atoms with Gasteiger partial charge in [0.25, 0.3) is 0 Å². The number of benzene rings is 3. The Labute approximate surface area is 193 Å². The molecule has 1 N–H and O–H groups in total. The van der Waals surface area contributed by atoms with Crippen LogP contribution in [0.3, 0.4) is 0 Å². The molecular formula is C27H28N4O2. The quantitative estimate of drug-likeness (QED) is 0.674. The molecule has 2 amide bonds. The molecule has 2 aliphatic heterocycles. The van der Waals surface area contributed by atoms with Gasteiger partial charge in [-0.2, -0.15) is 5.10 Å². The van der Waals surface area contributed by atoms with Crippen molar-refractivity contribution in [1.82, 2.24) is 10.3 Å². The van der Waals surface area contributed by atoms with Gasteiger partial charge >= 0.3 is 0 Å². The minimum absolute atomic E-state index is 0.0317. The predicted octanol–water partition coefficient (Wildman–Crippen LogP) is 3.59. The van der Waals surface area contributed by atoms with Crippen molar-refractivity contribution in [3.8, 4) is 0 Å². The largest absolute Gasteiger partial charge is 0.368 e. The number of hydrazone groups is 1. The smallest absolute Gasteiger partial charge is 0.240 e. The van der Waals surface area contributed by atoms with E-state index in [1.807, 2.05) is 30.0 Å². The van der Waals surface area contributed by atoms with Crippen LogP contribution in [0, 0.1) is 5.92 Å². The average molecular weight is 441 g/mol. The van der Waals surface area contributed by atoms with Crippen LogP contribution in [0.2, 0.25) is 0 Å². The highest BCUT2D eigenvalue weighted by atomic mass is 16.2. The maximum Gasteiger partial charge on any atom is 0.240 e.